The van der Waals surface area contributed by atoms with Gasteiger partial charge >= 0.3 is 0 Å². The van der Waals surface area contributed by atoms with Crippen LogP contribution in [0.15, 0.2) is 22.7 Å². The average Bonchev–Trinajstić information content (AvgIpc) is 2.86. The molecule has 1 fully saturated rings. The highest BCUT2D eigenvalue weighted by molar-refractivity contribution is 9.10. The highest BCUT2D eigenvalue weighted by atomic mass is 79.9. The van der Waals surface area contributed by atoms with Gasteiger partial charge in [0.05, 0.1) is 0 Å². The first kappa shape index (κ1) is 17.4. The molecule has 0 spiro atoms. The van der Waals surface area contributed by atoms with Gasteiger partial charge in [-0.1, -0.05) is 15.9 Å². The summed E-state index contributed by atoms with van der Waals surface area (Å²) < 4.78 is 13.8. The Bertz CT molecular complexity index is 433. The van der Waals surface area contributed by atoms with Crippen LogP contribution in [0.3, 0.4) is 0 Å². The molecule has 0 radical (unpaired) electrons. The van der Waals surface area contributed by atoms with Crippen molar-refractivity contribution in [2.45, 2.75) is 25.8 Å². The van der Waals surface area contributed by atoms with Crippen LogP contribution in [0.2, 0.25) is 0 Å². The molecule has 20 heavy (non-hydrogen) atoms. The molecule has 1 atom stereocenters. The average molecular weight is 366 g/mol. The van der Waals surface area contributed by atoms with Crippen molar-refractivity contribution in [3.8, 4) is 0 Å². The maximum absolute atomic E-state index is 13.2. The summed E-state index contributed by atoms with van der Waals surface area (Å²) in [5.74, 6) is 0.358. The van der Waals surface area contributed by atoms with Crippen molar-refractivity contribution in [2.75, 3.05) is 13.1 Å². The van der Waals surface area contributed by atoms with Crippen molar-refractivity contribution in [3.63, 3.8) is 0 Å². The molecule has 1 amide bonds. The SMILES string of the molecule is Cl.O=C(CCC1CCNC1)NCc1cc(F)cc(Br)c1. The Kier molecular flexibility index (Phi) is 7.48. The molecule has 0 aliphatic carbocycles. The van der Waals surface area contributed by atoms with Gasteiger partial charge in [-0.05, 0) is 55.6 Å². The molecule has 1 aliphatic heterocycles. The van der Waals surface area contributed by atoms with E-state index in [-0.39, 0.29) is 24.1 Å². The third kappa shape index (κ3) is 5.77. The second-order valence-corrected chi connectivity index (χ2v) is 5.87. The molecule has 2 N–H and O–H groups in total. The zero-order chi connectivity index (χ0) is 13.7. The molecule has 112 valence electrons. The molecule has 1 unspecified atom stereocenters. The lowest BCUT2D eigenvalue weighted by Gasteiger charge is -2.09. The predicted molar refractivity (Wildman–Crippen MR) is 83.4 cm³/mol. The lowest BCUT2D eigenvalue weighted by atomic mass is 10.0. The first-order valence-corrected chi connectivity index (χ1v) is 7.35. The summed E-state index contributed by atoms with van der Waals surface area (Å²) in [7, 11) is 0. The zero-order valence-electron chi connectivity index (χ0n) is 11.1. The van der Waals surface area contributed by atoms with Crippen LogP contribution in [0.25, 0.3) is 0 Å². The Hall–Kier alpha value is -0.650. The van der Waals surface area contributed by atoms with Crippen molar-refractivity contribution < 1.29 is 9.18 Å². The van der Waals surface area contributed by atoms with E-state index < -0.39 is 0 Å². The van der Waals surface area contributed by atoms with E-state index in [1.165, 1.54) is 12.1 Å². The number of nitrogens with one attached hydrogen (secondary N) is 2. The molecule has 1 aliphatic rings. The van der Waals surface area contributed by atoms with Gasteiger partial charge in [-0.2, -0.15) is 0 Å². The molecule has 2 rings (SSSR count). The maximum Gasteiger partial charge on any atom is 0.220 e. The van der Waals surface area contributed by atoms with E-state index in [1.54, 1.807) is 0 Å². The molecular weight excluding hydrogens is 347 g/mol. The van der Waals surface area contributed by atoms with E-state index in [2.05, 4.69) is 26.6 Å². The van der Waals surface area contributed by atoms with E-state index in [1.807, 2.05) is 6.07 Å². The minimum atomic E-state index is -0.296. The zero-order valence-corrected chi connectivity index (χ0v) is 13.5. The minimum Gasteiger partial charge on any atom is -0.352 e. The number of amides is 1. The van der Waals surface area contributed by atoms with Crippen LogP contribution in [0.5, 0.6) is 0 Å². The third-order valence-corrected chi connectivity index (χ3v) is 3.81. The second kappa shape index (κ2) is 8.60. The molecule has 6 heteroatoms. The van der Waals surface area contributed by atoms with Crippen molar-refractivity contribution in [1.29, 1.82) is 0 Å². The van der Waals surface area contributed by atoms with Gasteiger partial charge in [0.1, 0.15) is 5.82 Å². The summed E-state index contributed by atoms with van der Waals surface area (Å²) in [5.41, 5.74) is 0.766. The fourth-order valence-corrected chi connectivity index (χ4v) is 2.81. The van der Waals surface area contributed by atoms with Gasteiger partial charge in [-0.15, -0.1) is 12.4 Å². The van der Waals surface area contributed by atoms with Crippen LogP contribution in [0, 0.1) is 11.7 Å². The molecule has 1 heterocycles. The van der Waals surface area contributed by atoms with Gasteiger partial charge in [0, 0.05) is 17.4 Å². The van der Waals surface area contributed by atoms with Crippen LogP contribution in [0.1, 0.15) is 24.8 Å². The molecule has 1 aromatic rings. The largest absolute Gasteiger partial charge is 0.352 e. The molecule has 0 aromatic heterocycles. The summed E-state index contributed by atoms with van der Waals surface area (Å²) in [5, 5.41) is 6.12. The van der Waals surface area contributed by atoms with E-state index in [0.717, 1.165) is 31.5 Å². The Balaban J connectivity index is 0.00000200. The summed E-state index contributed by atoms with van der Waals surface area (Å²) in [6, 6.07) is 4.65. The fourth-order valence-electron chi connectivity index (χ4n) is 2.30. The quantitative estimate of drug-likeness (QED) is 0.842. The number of hydrogen-bond acceptors (Lipinski definition) is 2. The van der Waals surface area contributed by atoms with E-state index >= 15 is 0 Å². The van der Waals surface area contributed by atoms with Crippen LogP contribution >= 0.6 is 28.3 Å². The second-order valence-electron chi connectivity index (χ2n) is 4.95. The summed E-state index contributed by atoms with van der Waals surface area (Å²) in [4.78, 5) is 11.7. The van der Waals surface area contributed by atoms with Crippen LogP contribution in [-0.4, -0.2) is 19.0 Å². The van der Waals surface area contributed by atoms with Gasteiger partial charge in [-0.25, -0.2) is 4.39 Å². The van der Waals surface area contributed by atoms with Crippen molar-refractivity contribution in [1.82, 2.24) is 10.6 Å². The first-order valence-electron chi connectivity index (χ1n) is 6.56. The number of carbonyl (C=O) groups is 1. The van der Waals surface area contributed by atoms with Crippen LogP contribution < -0.4 is 10.6 Å². The number of rotatable bonds is 5. The van der Waals surface area contributed by atoms with Gasteiger partial charge < -0.3 is 10.6 Å². The number of carbonyl (C=O) groups excluding carboxylic acids is 1. The summed E-state index contributed by atoms with van der Waals surface area (Å²) in [6.45, 7) is 2.45. The molecular formula is C14H19BrClFN2O. The maximum atomic E-state index is 13.2. The van der Waals surface area contributed by atoms with Gasteiger partial charge in [-0.3, -0.25) is 4.79 Å². The topological polar surface area (TPSA) is 41.1 Å². The molecule has 3 nitrogen and oxygen atoms in total. The lowest BCUT2D eigenvalue weighted by Crippen LogP contribution is -2.23. The smallest absolute Gasteiger partial charge is 0.220 e. The molecule has 0 bridgehead atoms. The van der Waals surface area contributed by atoms with Crippen molar-refractivity contribution >= 4 is 34.2 Å². The third-order valence-electron chi connectivity index (χ3n) is 3.35. The minimum absolute atomic E-state index is 0. The molecule has 0 saturated carbocycles. The number of benzene rings is 1. The summed E-state index contributed by atoms with van der Waals surface area (Å²) in [6.07, 6.45) is 2.62. The van der Waals surface area contributed by atoms with E-state index in [9.17, 15) is 9.18 Å². The molecule has 1 aromatic carbocycles. The number of halogens is 3. The number of hydrogen-bond donors (Lipinski definition) is 2. The van der Waals surface area contributed by atoms with Crippen LogP contribution in [0.4, 0.5) is 4.39 Å². The summed E-state index contributed by atoms with van der Waals surface area (Å²) >= 11 is 3.24. The Morgan fingerprint density at radius 1 is 1.45 bits per heavy atom. The Labute approximate surface area is 133 Å². The highest BCUT2D eigenvalue weighted by Gasteiger charge is 2.15. The Morgan fingerprint density at radius 2 is 2.25 bits per heavy atom. The lowest BCUT2D eigenvalue weighted by molar-refractivity contribution is -0.121. The normalized spacial score (nSPS) is 17.6. The van der Waals surface area contributed by atoms with E-state index in [0.29, 0.717) is 23.4 Å². The standard InChI is InChI=1S/C14H18BrFN2O.ClH/c15-12-5-11(6-13(16)7-12)9-18-14(19)2-1-10-3-4-17-8-10;/h5-7,10,17H,1-4,8-9H2,(H,18,19);1H. The van der Waals surface area contributed by atoms with Crippen molar-refractivity contribution in [2.24, 2.45) is 5.92 Å². The van der Waals surface area contributed by atoms with Gasteiger partial charge in [0.2, 0.25) is 5.91 Å². The molecule has 1 saturated heterocycles. The van der Waals surface area contributed by atoms with E-state index in [4.69, 9.17) is 0 Å². The first-order chi connectivity index (χ1) is 9.13. The predicted octanol–water partition coefficient (Wildman–Crippen LogP) is 3.02. The van der Waals surface area contributed by atoms with Crippen molar-refractivity contribution in [3.05, 3.63) is 34.1 Å². The monoisotopic (exact) mass is 364 g/mol. The van der Waals surface area contributed by atoms with Gasteiger partial charge in [0.25, 0.3) is 0 Å². The fraction of sp³-hybridized carbons (Fsp3) is 0.500. The van der Waals surface area contributed by atoms with Gasteiger partial charge in [0.15, 0.2) is 0 Å². The van der Waals surface area contributed by atoms with Crippen LogP contribution in [-0.2, 0) is 11.3 Å². The Morgan fingerprint density at radius 3 is 2.90 bits per heavy atom. The highest BCUT2D eigenvalue weighted by Crippen LogP contribution is 2.16.